The summed E-state index contributed by atoms with van der Waals surface area (Å²) in [5.41, 5.74) is 6.13. The number of hydrogen-bond acceptors (Lipinski definition) is 9. The van der Waals surface area contributed by atoms with E-state index >= 15 is 0 Å². The first-order chi connectivity index (χ1) is 31.6. The molecule has 0 aliphatic heterocycles. The van der Waals surface area contributed by atoms with Gasteiger partial charge in [0.05, 0.1) is 45.0 Å². The van der Waals surface area contributed by atoms with Crippen LogP contribution in [0.4, 0.5) is 13.2 Å². The molecule has 0 N–H and O–H groups in total. The fourth-order valence-electron chi connectivity index (χ4n) is 7.28. The van der Waals surface area contributed by atoms with E-state index in [1.165, 1.54) is 31.9 Å². The summed E-state index contributed by atoms with van der Waals surface area (Å²) in [6, 6.07) is 37.3. The maximum absolute atomic E-state index is 12.9. The van der Waals surface area contributed by atoms with Gasteiger partial charge in [0.1, 0.15) is 11.5 Å². The number of ether oxygens (including phenoxy) is 5. The van der Waals surface area contributed by atoms with Crippen molar-refractivity contribution in [3.8, 4) is 34.5 Å². The van der Waals surface area contributed by atoms with E-state index in [4.69, 9.17) is 23.7 Å². The summed E-state index contributed by atoms with van der Waals surface area (Å²) >= 11 is 0. The van der Waals surface area contributed by atoms with E-state index in [1.807, 2.05) is 72.9 Å². The molecule has 0 fully saturated rings. The van der Waals surface area contributed by atoms with Gasteiger partial charge >= 0.3 is 6.18 Å². The summed E-state index contributed by atoms with van der Waals surface area (Å²) in [6.45, 7) is 6.50. The van der Waals surface area contributed by atoms with Crippen LogP contribution in [0.15, 0.2) is 146 Å². The highest BCUT2D eigenvalue weighted by molar-refractivity contribution is 6.09. The number of benzene rings is 6. The van der Waals surface area contributed by atoms with Crippen LogP contribution in [-0.4, -0.2) is 50.0 Å². The second-order valence-electron chi connectivity index (χ2n) is 16.3. The van der Waals surface area contributed by atoms with Gasteiger partial charge in [-0.1, -0.05) is 81.4 Å². The summed E-state index contributed by atoms with van der Waals surface area (Å²) in [5, 5.41) is 1.73. The zero-order valence-electron chi connectivity index (χ0n) is 37.4. The summed E-state index contributed by atoms with van der Waals surface area (Å²) in [6.07, 6.45) is -0.315. The fourth-order valence-corrected chi connectivity index (χ4v) is 7.28. The third-order valence-electron chi connectivity index (χ3n) is 11.0. The molecule has 0 atom stereocenters. The molecule has 0 amide bonds. The Morgan fingerprint density at radius 3 is 1.36 bits per heavy atom. The van der Waals surface area contributed by atoms with Gasteiger partial charge in [-0.15, -0.1) is 0 Å². The van der Waals surface area contributed by atoms with Crippen LogP contribution in [0.3, 0.4) is 0 Å². The van der Waals surface area contributed by atoms with Crippen molar-refractivity contribution < 1.29 is 46.4 Å². The molecule has 2 aromatic heterocycles. The molecule has 0 saturated carbocycles. The maximum Gasteiger partial charge on any atom is 0.416 e. The molecule has 8 rings (SSSR count). The first-order valence-corrected chi connectivity index (χ1v) is 20.8. The molecular weight excluding hydrogens is 846 g/mol. The Labute approximate surface area is 380 Å². The van der Waals surface area contributed by atoms with Gasteiger partial charge < -0.3 is 23.7 Å². The minimum absolute atomic E-state index is 0.0354. The van der Waals surface area contributed by atoms with Crippen molar-refractivity contribution in [3.63, 3.8) is 0 Å². The molecule has 336 valence electrons. The number of ketones is 2. The quantitative estimate of drug-likeness (QED) is 0.111. The average Bonchev–Trinajstić information content (AvgIpc) is 3.33. The van der Waals surface area contributed by atoms with E-state index in [9.17, 15) is 22.8 Å². The number of methoxy groups -OCH3 is 4. The van der Waals surface area contributed by atoms with Crippen molar-refractivity contribution in [2.75, 3.05) is 28.4 Å². The minimum Gasteiger partial charge on any atom is -0.493 e. The molecule has 12 heteroatoms. The Kier molecular flexibility index (Phi) is 13.7. The SMILES string of the molecule is COc1cc2nccc(Cc3ccc(C(=O)c4ccc(C(C)(C)C)cc4)cc3)c2cc1OC.COc1cc2nccc(Oc3ccc(C(=O)c4ccc(C(F)(F)F)cc4)cc3)c2cc1OC. The van der Waals surface area contributed by atoms with Crippen LogP contribution in [0, 0.1) is 0 Å². The zero-order chi connectivity index (χ0) is 47.2. The predicted octanol–water partition coefficient (Wildman–Crippen LogP) is 12.7. The number of hydrogen-bond donors (Lipinski definition) is 0. The maximum atomic E-state index is 12.9. The molecule has 0 unspecified atom stereocenters. The fraction of sp³-hybridized carbons (Fsp3) is 0.185. The number of aromatic nitrogens is 2. The van der Waals surface area contributed by atoms with E-state index in [2.05, 4.69) is 30.7 Å². The van der Waals surface area contributed by atoms with Crippen molar-refractivity contribution in [2.24, 2.45) is 0 Å². The molecule has 0 saturated heterocycles. The molecule has 0 aliphatic carbocycles. The lowest BCUT2D eigenvalue weighted by molar-refractivity contribution is -0.137. The lowest BCUT2D eigenvalue weighted by Gasteiger charge is -2.19. The Morgan fingerprint density at radius 1 is 0.485 bits per heavy atom. The highest BCUT2D eigenvalue weighted by Gasteiger charge is 2.30. The second kappa shape index (κ2) is 19.6. The van der Waals surface area contributed by atoms with Gasteiger partial charge in [0.2, 0.25) is 0 Å². The number of rotatable bonds is 12. The summed E-state index contributed by atoms with van der Waals surface area (Å²) in [7, 11) is 6.33. The van der Waals surface area contributed by atoms with Crippen molar-refractivity contribution >= 4 is 33.4 Å². The molecule has 8 aromatic rings. The van der Waals surface area contributed by atoms with Crippen LogP contribution < -0.4 is 23.7 Å². The molecule has 0 spiro atoms. The third-order valence-corrected chi connectivity index (χ3v) is 11.0. The van der Waals surface area contributed by atoms with Crippen LogP contribution >= 0.6 is 0 Å². The number of nitrogens with zero attached hydrogens (tertiary/aromatic N) is 2. The number of pyridine rings is 2. The number of halogens is 3. The smallest absolute Gasteiger partial charge is 0.416 e. The Morgan fingerprint density at radius 2 is 0.894 bits per heavy atom. The molecule has 9 nitrogen and oxygen atoms in total. The van der Waals surface area contributed by atoms with Crippen LogP contribution in [-0.2, 0) is 18.0 Å². The molecule has 6 aromatic carbocycles. The van der Waals surface area contributed by atoms with Crippen LogP contribution in [0.25, 0.3) is 21.8 Å². The summed E-state index contributed by atoms with van der Waals surface area (Å²) < 4.78 is 65.7. The third kappa shape index (κ3) is 10.4. The molecular formula is C54H47F3N2O7. The van der Waals surface area contributed by atoms with Crippen molar-refractivity contribution in [2.45, 2.75) is 38.8 Å². The van der Waals surface area contributed by atoms with E-state index in [1.54, 1.807) is 62.9 Å². The van der Waals surface area contributed by atoms with Gasteiger partial charge in [-0.3, -0.25) is 19.6 Å². The highest BCUT2D eigenvalue weighted by Crippen LogP contribution is 2.38. The van der Waals surface area contributed by atoms with E-state index < -0.39 is 11.7 Å². The second-order valence-corrected chi connectivity index (χ2v) is 16.3. The Bertz CT molecular complexity index is 2790. The van der Waals surface area contributed by atoms with E-state index in [0.717, 1.165) is 40.6 Å². The lowest BCUT2D eigenvalue weighted by Crippen LogP contribution is -2.11. The minimum atomic E-state index is -4.45. The van der Waals surface area contributed by atoms with Crippen molar-refractivity contribution in [3.05, 3.63) is 190 Å². The standard InChI is InChI=1S/C29H29NO3.C25H18F3NO4/c1-29(2,3)23-12-10-21(11-13-23)28(31)20-8-6-19(7-9-20)16-22-14-15-30-25-18-27(33-5)26(32-4)17-24(22)25;1-31-22-13-19-20(14-23(22)32-2)29-12-11-21(19)33-18-9-5-16(6-10-18)24(30)15-3-7-17(8-4-15)25(26,27)28/h6-15,17-18H,16H2,1-5H3;3-14H,1-2H3. The Hall–Kier alpha value is -7.73. The number of alkyl halides is 3. The first kappa shape index (κ1) is 46.3. The number of carbonyl (C=O) groups excluding carboxylic acids is 2. The van der Waals surface area contributed by atoms with Gasteiger partial charge in [0.15, 0.2) is 34.6 Å². The van der Waals surface area contributed by atoms with Gasteiger partial charge in [0.25, 0.3) is 0 Å². The highest BCUT2D eigenvalue weighted by atomic mass is 19.4. The van der Waals surface area contributed by atoms with Gasteiger partial charge in [-0.05, 0) is 89.2 Å². The number of fused-ring (bicyclic) bond motifs is 2. The van der Waals surface area contributed by atoms with Crippen LogP contribution in [0.2, 0.25) is 0 Å². The topological polar surface area (TPSA) is 106 Å². The van der Waals surface area contributed by atoms with Gasteiger partial charge in [-0.25, -0.2) is 0 Å². The molecule has 2 heterocycles. The van der Waals surface area contributed by atoms with Crippen LogP contribution in [0.1, 0.15) is 74.9 Å². The molecule has 0 radical (unpaired) electrons. The molecule has 66 heavy (non-hydrogen) atoms. The largest absolute Gasteiger partial charge is 0.493 e. The average molecular weight is 893 g/mol. The monoisotopic (exact) mass is 892 g/mol. The van der Waals surface area contributed by atoms with Crippen LogP contribution in [0.5, 0.6) is 34.5 Å². The van der Waals surface area contributed by atoms with Gasteiger partial charge in [-0.2, -0.15) is 13.2 Å². The predicted molar refractivity (Wildman–Crippen MR) is 249 cm³/mol. The zero-order valence-corrected chi connectivity index (χ0v) is 37.4. The summed E-state index contributed by atoms with van der Waals surface area (Å²) in [4.78, 5) is 34.4. The van der Waals surface area contributed by atoms with E-state index in [0.29, 0.717) is 62.1 Å². The van der Waals surface area contributed by atoms with E-state index in [-0.39, 0.29) is 22.5 Å². The van der Waals surface area contributed by atoms with Gasteiger partial charge in [0, 0.05) is 57.6 Å². The van der Waals surface area contributed by atoms with Crippen molar-refractivity contribution in [1.29, 1.82) is 0 Å². The first-order valence-electron chi connectivity index (χ1n) is 20.8. The Balaban J connectivity index is 0.000000196. The summed E-state index contributed by atoms with van der Waals surface area (Å²) in [5.74, 6) is 3.06. The lowest BCUT2D eigenvalue weighted by atomic mass is 9.86. The number of carbonyl (C=O) groups is 2. The normalized spacial score (nSPS) is 11.4. The van der Waals surface area contributed by atoms with Crippen molar-refractivity contribution in [1.82, 2.24) is 9.97 Å². The molecule has 0 bridgehead atoms. The molecule has 0 aliphatic rings.